The summed E-state index contributed by atoms with van der Waals surface area (Å²) in [6.45, 7) is 5.95. The van der Waals surface area contributed by atoms with Crippen molar-refractivity contribution in [1.82, 2.24) is 4.98 Å². The van der Waals surface area contributed by atoms with Crippen molar-refractivity contribution in [1.29, 1.82) is 0 Å². The molecule has 0 saturated carbocycles. The van der Waals surface area contributed by atoms with Crippen LogP contribution in [0.15, 0.2) is 41.0 Å². The van der Waals surface area contributed by atoms with Gasteiger partial charge in [-0.3, -0.25) is 0 Å². The maximum Gasteiger partial charge on any atom is 0.379 e. The fourth-order valence-electron chi connectivity index (χ4n) is 2.54. The molecule has 0 atom stereocenters. The lowest BCUT2D eigenvalue weighted by molar-refractivity contribution is 0.0702. The van der Waals surface area contributed by atoms with Crippen LogP contribution in [0.4, 0.5) is 0 Å². The zero-order valence-corrected chi connectivity index (χ0v) is 12.8. The lowest BCUT2D eigenvalue weighted by Gasteiger charge is -2.13. The predicted octanol–water partition coefficient (Wildman–Crippen LogP) is 4.23. The second-order valence-corrected chi connectivity index (χ2v) is 5.25. The molecule has 0 aliphatic rings. The Labute approximate surface area is 128 Å². The van der Waals surface area contributed by atoms with Gasteiger partial charge >= 0.3 is 5.97 Å². The Morgan fingerprint density at radius 3 is 2.77 bits per heavy atom. The summed E-state index contributed by atoms with van der Waals surface area (Å²) < 4.78 is 10.7. The molecule has 0 bridgehead atoms. The fourth-order valence-corrected chi connectivity index (χ4v) is 2.54. The number of furan rings is 1. The Balaban J connectivity index is 2.14. The predicted molar refractivity (Wildman–Crippen MR) is 84.3 cm³/mol. The third kappa shape index (κ3) is 2.48. The van der Waals surface area contributed by atoms with E-state index in [1.807, 2.05) is 32.0 Å². The van der Waals surface area contributed by atoms with Gasteiger partial charge in [0.05, 0.1) is 6.26 Å². The summed E-state index contributed by atoms with van der Waals surface area (Å²) in [7, 11) is 0. The van der Waals surface area contributed by atoms with Gasteiger partial charge in [-0.25, -0.2) is 9.78 Å². The van der Waals surface area contributed by atoms with Crippen LogP contribution in [0.2, 0.25) is 0 Å². The molecule has 4 nitrogen and oxygen atoms in total. The number of nitrogens with zero attached hydrogens (tertiary/aromatic N) is 1. The second-order valence-electron chi connectivity index (χ2n) is 5.25. The normalized spacial score (nSPS) is 10.9. The molecule has 112 valence electrons. The Kier molecular flexibility index (Phi) is 3.67. The summed E-state index contributed by atoms with van der Waals surface area (Å²) in [5.74, 6) is 0.166. The number of hydrogen-bond donors (Lipinski definition) is 0. The van der Waals surface area contributed by atoms with Crippen LogP contribution in [0.25, 0.3) is 10.9 Å². The number of hydrogen-bond acceptors (Lipinski definition) is 4. The molecule has 0 spiro atoms. The molecule has 0 radical (unpaired) electrons. The van der Waals surface area contributed by atoms with Gasteiger partial charge in [-0.2, -0.15) is 0 Å². The maximum atomic E-state index is 12.2. The Hall–Kier alpha value is -2.62. The molecule has 0 amide bonds. The third-order valence-electron chi connectivity index (χ3n) is 3.64. The standard InChI is InChI=1S/C18H17NO3/c1-4-13-10-11(2)17(16-14(13)8-7-12(3)19-16)22-18(20)15-6-5-9-21-15/h5-10H,4H2,1-3H3. The number of fused-ring (bicyclic) bond motifs is 1. The van der Waals surface area contributed by atoms with Crippen molar-refractivity contribution in [2.45, 2.75) is 27.2 Å². The molecule has 22 heavy (non-hydrogen) atoms. The molecule has 2 heterocycles. The number of benzene rings is 1. The number of esters is 1. The van der Waals surface area contributed by atoms with E-state index in [0.717, 1.165) is 28.6 Å². The molecular weight excluding hydrogens is 278 g/mol. The molecule has 2 aromatic heterocycles. The van der Waals surface area contributed by atoms with Crippen LogP contribution in [0.1, 0.15) is 34.3 Å². The van der Waals surface area contributed by atoms with E-state index in [0.29, 0.717) is 5.75 Å². The zero-order valence-electron chi connectivity index (χ0n) is 12.8. The highest BCUT2D eigenvalue weighted by molar-refractivity contribution is 5.94. The van der Waals surface area contributed by atoms with Crippen LogP contribution in [0.3, 0.4) is 0 Å². The Morgan fingerprint density at radius 1 is 1.27 bits per heavy atom. The number of aromatic nitrogens is 1. The largest absolute Gasteiger partial charge is 0.457 e. The van der Waals surface area contributed by atoms with Crippen molar-refractivity contribution in [2.24, 2.45) is 0 Å². The van der Waals surface area contributed by atoms with Crippen LogP contribution in [-0.2, 0) is 6.42 Å². The van der Waals surface area contributed by atoms with Gasteiger partial charge in [0.2, 0.25) is 5.76 Å². The summed E-state index contributed by atoms with van der Waals surface area (Å²) in [5, 5.41) is 1.01. The molecule has 0 N–H and O–H groups in total. The monoisotopic (exact) mass is 295 g/mol. The molecular formula is C18H17NO3. The zero-order chi connectivity index (χ0) is 15.7. The van der Waals surface area contributed by atoms with E-state index in [2.05, 4.69) is 11.9 Å². The van der Waals surface area contributed by atoms with E-state index < -0.39 is 5.97 Å². The van der Waals surface area contributed by atoms with Crippen LogP contribution in [0.5, 0.6) is 5.75 Å². The highest BCUT2D eigenvalue weighted by atomic mass is 16.5. The smallest absolute Gasteiger partial charge is 0.379 e. The number of rotatable bonds is 3. The van der Waals surface area contributed by atoms with Crippen molar-refractivity contribution < 1.29 is 13.9 Å². The molecule has 1 aromatic carbocycles. The number of aryl methyl sites for hydroxylation is 3. The minimum absolute atomic E-state index is 0.180. The minimum atomic E-state index is -0.512. The summed E-state index contributed by atoms with van der Waals surface area (Å²) in [4.78, 5) is 16.7. The Morgan fingerprint density at radius 2 is 2.09 bits per heavy atom. The molecule has 3 aromatic rings. The quantitative estimate of drug-likeness (QED) is 0.536. The van der Waals surface area contributed by atoms with E-state index in [1.165, 1.54) is 11.8 Å². The third-order valence-corrected chi connectivity index (χ3v) is 3.64. The topological polar surface area (TPSA) is 52.3 Å². The molecule has 4 heteroatoms. The first-order chi connectivity index (χ1) is 10.6. The second kappa shape index (κ2) is 5.64. The molecule has 0 aliphatic carbocycles. The lowest BCUT2D eigenvalue weighted by Crippen LogP contribution is -2.09. The molecule has 0 saturated heterocycles. The van der Waals surface area contributed by atoms with Crippen molar-refractivity contribution >= 4 is 16.9 Å². The summed E-state index contributed by atoms with van der Waals surface area (Å²) >= 11 is 0. The fraction of sp³-hybridized carbons (Fsp3) is 0.222. The van der Waals surface area contributed by atoms with E-state index >= 15 is 0 Å². The van der Waals surface area contributed by atoms with Gasteiger partial charge < -0.3 is 9.15 Å². The van der Waals surface area contributed by atoms with Crippen LogP contribution >= 0.6 is 0 Å². The van der Waals surface area contributed by atoms with Gasteiger partial charge in [-0.1, -0.05) is 19.1 Å². The average Bonchev–Trinajstić information content (AvgIpc) is 3.04. The van der Waals surface area contributed by atoms with Crippen LogP contribution in [0, 0.1) is 13.8 Å². The van der Waals surface area contributed by atoms with Gasteiger partial charge in [0, 0.05) is 11.1 Å². The number of pyridine rings is 1. The van der Waals surface area contributed by atoms with Gasteiger partial charge in [-0.15, -0.1) is 0 Å². The summed E-state index contributed by atoms with van der Waals surface area (Å²) in [6, 6.07) is 9.28. The number of ether oxygens (including phenoxy) is 1. The van der Waals surface area contributed by atoms with Crippen molar-refractivity contribution in [3.05, 3.63) is 59.2 Å². The molecule has 0 fully saturated rings. The van der Waals surface area contributed by atoms with Crippen LogP contribution in [-0.4, -0.2) is 11.0 Å². The number of carbonyl (C=O) groups excluding carboxylic acids is 1. The first-order valence-electron chi connectivity index (χ1n) is 7.25. The highest BCUT2D eigenvalue weighted by Crippen LogP contribution is 2.32. The minimum Gasteiger partial charge on any atom is -0.457 e. The molecule has 3 rings (SSSR count). The van der Waals surface area contributed by atoms with Crippen LogP contribution < -0.4 is 4.74 Å². The van der Waals surface area contributed by atoms with E-state index in [-0.39, 0.29) is 5.76 Å². The van der Waals surface area contributed by atoms with Crippen molar-refractivity contribution in [2.75, 3.05) is 0 Å². The van der Waals surface area contributed by atoms with E-state index in [9.17, 15) is 4.79 Å². The maximum absolute atomic E-state index is 12.2. The van der Waals surface area contributed by atoms with Crippen molar-refractivity contribution in [3.63, 3.8) is 0 Å². The summed E-state index contributed by atoms with van der Waals surface area (Å²) in [5.41, 5.74) is 3.69. The van der Waals surface area contributed by atoms with Gasteiger partial charge in [0.1, 0.15) is 5.52 Å². The Bertz CT molecular complexity index is 835. The van der Waals surface area contributed by atoms with E-state index in [1.54, 1.807) is 12.1 Å². The average molecular weight is 295 g/mol. The lowest BCUT2D eigenvalue weighted by atomic mass is 10.0. The first-order valence-corrected chi connectivity index (χ1v) is 7.25. The first kappa shape index (κ1) is 14.3. The van der Waals surface area contributed by atoms with Gasteiger partial charge in [0.15, 0.2) is 5.75 Å². The van der Waals surface area contributed by atoms with Gasteiger partial charge in [0.25, 0.3) is 0 Å². The van der Waals surface area contributed by atoms with Crippen molar-refractivity contribution in [3.8, 4) is 5.75 Å². The summed E-state index contributed by atoms with van der Waals surface area (Å²) in [6.07, 6.45) is 2.35. The molecule has 0 aliphatic heterocycles. The number of carbonyl (C=O) groups is 1. The SMILES string of the molecule is CCc1cc(C)c(OC(=O)c2ccco2)c2nc(C)ccc12. The highest BCUT2D eigenvalue weighted by Gasteiger charge is 2.18. The van der Waals surface area contributed by atoms with Gasteiger partial charge in [-0.05, 0) is 49.6 Å². The molecule has 0 unspecified atom stereocenters. The van der Waals surface area contributed by atoms with E-state index in [4.69, 9.17) is 9.15 Å².